The Morgan fingerprint density at radius 3 is 2.93 bits per heavy atom. The van der Waals surface area contributed by atoms with Crippen molar-refractivity contribution in [1.29, 1.82) is 0 Å². The van der Waals surface area contributed by atoms with Crippen LogP contribution < -0.4 is 5.32 Å². The molecular weight excluding hydrogens is 176 g/mol. The molecule has 0 radical (unpaired) electrons. The molecule has 1 unspecified atom stereocenters. The van der Waals surface area contributed by atoms with Gasteiger partial charge in [0.25, 0.3) is 0 Å². The molecule has 3 nitrogen and oxygen atoms in total. The molecule has 1 N–H and O–H groups in total. The van der Waals surface area contributed by atoms with Crippen LogP contribution in [0, 0.1) is 0 Å². The second-order valence-electron chi connectivity index (χ2n) is 4.22. The Labute approximate surface area is 86.9 Å². The summed E-state index contributed by atoms with van der Waals surface area (Å²) in [4.78, 5) is 13.2. The number of hydrogen-bond donors (Lipinski definition) is 1. The molecule has 3 heteroatoms. The van der Waals surface area contributed by atoms with Crippen molar-refractivity contribution in [2.45, 2.75) is 45.6 Å². The second kappa shape index (κ2) is 6.02. The van der Waals surface area contributed by atoms with E-state index in [4.69, 9.17) is 0 Å². The van der Waals surface area contributed by atoms with E-state index >= 15 is 0 Å². The van der Waals surface area contributed by atoms with Gasteiger partial charge in [0.2, 0.25) is 5.91 Å². The minimum atomic E-state index is 0.0803. The first kappa shape index (κ1) is 11.5. The second-order valence-corrected chi connectivity index (χ2v) is 4.22. The molecule has 82 valence electrons. The molecule has 1 amide bonds. The Bertz CT molecular complexity index is 182. The third-order valence-electron chi connectivity index (χ3n) is 2.94. The van der Waals surface area contributed by atoms with Gasteiger partial charge < -0.3 is 10.2 Å². The van der Waals surface area contributed by atoms with E-state index in [1.807, 2.05) is 0 Å². The van der Waals surface area contributed by atoms with Gasteiger partial charge >= 0.3 is 0 Å². The van der Waals surface area contributed by atoms with Crippen LogP contribution in [0.1, 0.15) is 39.5 Å². The van der Waals surface area contributed by atoms with Gasteiger partial charge in [-0.15, -0.1) is 0 Å². The predicted octanol–water partition coefficient (Wildman–Crippen LogP) is 1.39. The van der Waals surface area contributed by atoms with Crippen molar-refractivity contribution in [3.63, 3.8) is 0 Å². The first-order valence-corrected chi connectivity index (χ1v) is 5.68. The Morgan fingerprint density at radius 1 is 1.50 bits per heavy atom. The molecule has 0 aliphatic carbocycles. The van der Waals surface area contributed by atoms with E-state index in [0.29, 0.717) is 0 Å². The smallest absolute Gasteiger partial charge is 0.216 e. The summed E-state index contributed by atoms with van der Waals surface area (Å²) in [6.07, 6.45) is 5.12. The van der Waals surface area contributed by atoms with Crippen LogP contribution >= 0.6 is 0 Å². The number of amides is 1. The Hall–Kier alpha value is -0.570. The average molecular weight is 198 g/mol. The minimum Gasteiger partial charge on any atom is -0.356 e. The monoisotopic (exact) mass is 198 g/mol. The number of nitrogens with zero attached hydrogens (tertiary/aromatic N) is 1. The van der Waals surface area contributed by atoms with Crippen LogP contribution in [-0.4, -0.2) is 36.5 Å². The highest BCUT2D eigenvalue weighted by Crippen LogP contribution is 2.15. The summed E-state index contributed by atoms with van der Waals surface area (Å²) in [5, 5.41) is 2.83. The molecule has 0 bridgehead atoms. The normalized spacial score (nSPS) is 23.4. The van der Waals surface area contributed by atoms with Crippen molar-refractivity contribution < 1.29 is 4.79 Å². The molecule has 1 aliphatic heterocycles. The van der Waals surface area contributed by atoms with Crippen LogP contribution in [-0.2, 0) is 4.79 Å². The zero-order valence-electron chi connectivity index (χ0n) is 9.38. The number of carbonyl (C=O) groups is 1. The molecule has 0 spiro atoms. The van der Waals surface area contributed by atoms with Crippen molar-refractivity contribution in [3.05, 3.63) is 0 Å². The summed E-state index contributed by atoms with van der Waals surface area (Å²) in [5.74, 6) is 0.0803. The third-order valence-corrected chi connectivity index (χ3v) is 2.94. The topological polar surface area (TPSA) is 32.3 Å². The molecule has 0 aromatic heterocycles. The fraction of sp³-hybridized carbons (Fsp3) is 0.909. The Balaban J connectivity index is 2.07. The molecule has 1 fully saturated rings. The summed E-state index contributed by atoms with van der Waals surface area (Å²) < 4.78 is 0. The SMILES string of the molecule is CC(=O)NCCCN1CCCCC1C. The molecule has 1 saturated heterocycles. The van der Waals surface area contributed by atoms with Gasteiger partial charge in [0.05, 0.1) is 0 Å². The lowest BCUT2D eigenvalue weighted by molar-refractivity contribution is -0.118. The maximum Gasteiger partial charge on any atom is 0.216 e. The number of likely N-dealkylation sites (tertiary alicyclic amines) is 1. The molecule has 0 saturated carbocycles. The number of nitrogens with one attached hydrogen (secondary N) is 1. The van der Waals surface area contributed by atoms with E-state index in [9.17, 15) is 4.79 Å². The van der Waals surface area contributed by atoms with Crippen molar-refractivity contribution >= 4 is 5.91 Å². The number of carbonyl (C=O) groups excluding carboxylic acids is 1. The minimum absolute atomic E-state index is 0.0803. The van der Waals surface area contributed by atoms with Crippen LogP contribution in [0.3, 0.4) is 0 Å². The van der Waals surface area contributed by atoms with Gasteiger partial charge in [-0.2, -0.15) is 0 Å². The highest BCUT2D eigenvalue weighted by Gasteiger charge is 2.16. The highest BCUT2D eigenvalue weighted by molar-refractivity contribution is 5.72. The van der Waals surface area contributed by atoms with E-state index in [1.165, 1.54) is 25.8 Å². The molecular formula is C11H22N2O. The van der Waals surface area contributed by atoms with Crippen molar-refractivity contribution in [2.75, 3.05) is 19.6 Å². The van der Waals surface area contributed by atoms with Gasteiger partial charge in [0.15, 0.2) is 0 Å². The first-order valence-electron chi connectivity index (χ1n) is 5.68. The lowest BCUT2D eigenvalue weighted by Crippen LogP contribution is -2.39. The van der Waals surface area contributed by atoms with Gasteiger partial charge in [-0.25, -0.2) is 0 Å². The summed E-state index contributed by atoms with van der Waals surface area (Å²) in [7, 11) is 0. The fourth-order valence-electron chi connectivity index (χ4n) is 2.04. The lowest BCUT2D eigenvalue weighted by Gasteiger charge is -2.33. The summed E-state index contributed by atoms with van der Waals surface area (Å²) in [6.45, 7) is 7.06. The number of piperidine rings is 1. The summed E-state index contributed by atoms with van der Waals surface area (Å²) in [6, 6.07) is 0.737. The molecule has 0 aromatic rings. The average Bonchev–Trinajstić information content (AvgIpc) is 2.15. The van der Waals surface area contributed by atoms with Crippen LogP contribution in [0.5, 0.6) is 0 Å². The Morgan fingerprint density at radius 2 is 2.29 bits per heavy atom. The van der Waals surface area contributed by atoms with Gasteiger partial charge in [-0.05, 0) is 32.7 Å². The summed E-state index contributed by atoms with van der Waals surface area (Å²) in [5.41, 5.74) is 0. The van der Waals surface area contributed by atoms with Gasteiger partial charge in [-0.3, -0.25) is 4.79 Å². The Kier molecular flexibility index (Phi) is 4.94. The number of rotatable bonds is 4. The van der Waals surface area contributed by atoms with Crippen LogP contribution in [0.15, 0.2) is 0 Å². The van der Waals surface area contributed by atoms with E-state index < -0.39 is 0 Å². The van der Waals surface area contributed by atoms with E-state index in [2.05, 4.69) is 17.1 Å². The lowest BCUT2D eigenvalue weighted by atomic mass is 10.0. The molecule has 1 aliphatic rings. The molecule has 1 rings (SSSR count). The highest BCUT2D eigenvalue weighted by atomic mass is 16.1. The zero-order chi connectivity index (χ0) is 10.4. The van der Waals surface area contributed by atoms with Gasteiger partial charge in [0.1, 0.15) is 0 Å². The van der Waals surface area contributed by atoms with E-state index in [0.717, 1.165) is 25.6 Å². The van der Waals surface area contributed by atoms with E-state index in [1.54, 1.807) is 6.92 Å². The zero-order valence-corrected chi connectivity index (χ0v) is 9.38. The van der Waals surface area contributed by atoms with Crippen molar-refractivity contribution in [3.8, 4) is 0 Å². The standard InChI is InChI=1S/C11H22N2O/c1-10-6-3-4-8-13(10)9-5-7-12-11(2)14/h10H,3-9H2,1-2H3,(H,12,14). The van der Waals surface area contributed by atoms with Crippen molar-refractivity contribution in [2.24, 2.45) is 0 Å². The number of hydrogen-bond acceptors (Lipinski definition) is 2. The molecule has 1 heterocycles. The molecule has 0 aromatic carbocycles. The van der Waals surface area contributed by atoms with Crippen LogP contribution in [0.4, 0.5) is 0 Å². The largest absolute Gasteiger partial charge is 0.356 e. The van der Waals surface area contributed by atoms with E-state index in [-0.39, 0.29) is 5.91 Å². The predicted molar refractivity (Wildman–Crippen MR) is 58.2 cm³/mol. The maximum absolute atomic E-state index is 10.6. The molecule has 14 heavy (non-hydrogen) atoms. The third kappa shape index (κ3) is 4.09. The fourth-order valence-corrected chi connectivity index (χ4v) is 2.04. The van der Waals surface area contributed by atoms with Crippen LogP contribution in [0.25, 0.3) is 0 Å². The molecule has 1 atom stereocenters. The van der Waals surface area contributed by atoms with Crippen LogP contribution in [0.2, 0.25) is 0 Å². The van der Waals surface area contributed by atoms with Crippen molar-refractivity contribution in [1.82, 2.24) is 10.2 Å². The van der Waals surface area contributed by atoms with Gasteiger partial charge in [-0.1, -0.05) is 6.42 Å². The maximum atomic E-state index is 10.6. The quantitative estimate of drug-likeness (QED) is 0.692. The van der Waals surface area contributed by atoms with Gasteiger partial charge in [0, 0.05) is 26.1 Å². The first-order chi connectivity index (χ1) is 6.70. The summed E-state index contributed by atoms with van der Waals surface area (Å²) >= 11 is 0.